The van der Waals surface area contributed by atoms with Crippen molar-refractivity contribution in [1.82, 2.24) is 0 Å². The summed E-state index contributed by atoms with van der Waals surface area (Å²) >= 11 is 0. The van der Waals surface area contributed by atoms with E-state index in [1.165, 1.54) is 21.1 Å². The first-order valence-electron chi connectivity index (χ1n) is 2.93. The summed E-state index contributed by atoms with van der Waals surface area (Å²) in [6, 6.07) is 0. The van der Waals surface area contributed by atoms with Crippen LogP contribution < -0.4 is 0 Å². The Morgan fingerprint density at radius 2 is 1.73 bits per heavy atom. The Labute approximate surface area is 65.5 Å². The van der Waals surface area contributed by atoms with E-state index in [1.807, 2.05) is 0 Å². The Kier molecular flexibility index (Phi) is 4.21. The zero-order valence-corrected chi connectivity index (χ0v) is 7.54. The molecular weight excluding hydrogens is 171 g/mol. The minimum Gasteiger partial charge on any atom is -0.348 e. The molecule has 2 N–H and O–H groups in total. The summed E-state index contributed by atoms with van der Waals surface area (Å²) in [6.45, 7) is 1.34. The second-order valence-corrected chi connectivity index (χ2v) is 3.95. The molecule has 0 saturated heterocycles. The van der Waals surface area contributed by atoms with Crippen molar-refractivity contribution >= 4 is 7.60 Å². The van der Waals surface area contributed by atoms with E-state index >= 15 is 0 Å². The fourth-order valence-corrected chi connectivity index (χ4v) is 1.05. The number of rotatable bonds is 4. The fraction of sp³-hybridized carbons (Fsp3) is 0.800. The third-order valence-electron chi connectivity index (χ3n) is 1.25. The molecule has 0 aliphatic rings. The molecular formula is C5H12O5P. The average molecular weight is 183 g/mol. The Balaban J connectivity index is 4.21. The minimum atomic E-state index is -4.13. The molecule has 5 nitrogen and oxygen atoms in total. The summed E-state index contributed by atoms with van der Waals surface area (Å²) < 4.78 is 19.8. The monoisotopic (exact) mass is 183 g/mol. The molecule has 0 aliphatic heterocycles. The average Bonchev–Trinajstić information content (AvgIpc) is 1.88. The van der Waals surface area contributed by atoms with Gasteiger partial charge in [0.15, 0.2) is 0 Å². The van der Waals surface area contributed by atoms with E-state index in [9.17, 15) is 4.57 Å². The maximum absolute atomic E-state index is 10.6. The normalized spacial score (nSPS) is 15.5. The number of methoxy groups -OCH3 is 2. The predicted molar refractivity (Wildman–Crippen MR) is 38.8 cm³/mol. The van der Waals surface area contributed by atoms with Gasteiger partial charge in [0.25, 0.3) is 0 Å². The summed E-state index contributed by atoms with van der Waals surface area (Å²) in [4.78, 5) is 17.3. The summed E-state index contributed by atoms with van der Waals surface area (Å²) in [5.74, 6) is 0. The van der Waals surface area contributed by atoms with Crippen molar-refractivity contribution in [2.45, 2.75) is 12.6 Å². The number of hydrogen-bond acceptors (Lipinski definition) is 3. The molecule has 67 valence electrons. The van der Waals surface area contributed by atoms with Crippen molar-refractivity contribution in [3.8, 4) is 0 Å². The number of ether oxygens (including phenoxy) is 2. The van der Waals surface area contributed by atoms with Gasteiger partial charge in [0.2, 0.25) is 6.29 Å². The Morgan fingerprint density at radius 3 is 1.82 bits per heavy atom. The Morgan fingerprint density at radius 1 is 1.36 bits per heavy atom. The lowest BCUT2D eigenvalue weighted by atomic mass is 10.5. The van der Waals surface area contributed by atoms with Crippen molar-refractivity contribution in [2.75, 3.05) is 14.2 Å². The van der Waals surface area contributed by atoms with Crippen molar-refractivity contribution in [1.29, 1.82) is 0 Å². The molecule has 0 amide bonds. The highest BCUT2D eigenvalue weighted by molar-refractivity contribution is 7.52. The van der Waals surface area contributed by atoms with E-state index in [1.54, 1.807) is 0 Å². The van der Waals surface area contributed by atoms with Crippen LogP contribution in [0.15, 0.2) is 0 Å². The largest absolute Gasteiger partial charge is 0.348 e. The Bertz CT molecular complexity index is 149. The topological polar surface area (TPSA) is 76.0 Å². The summed E-state index contributed by atoms with van der Waals surface area (Å²) in [6.07, 6.45) is -0.0571. The van der Waals surface area contributed by atoms with Gasteiger partial charge in [-0.1, -0.05) is 0 Å². The van der Waals surface area contributed by atoms with E-state index in [0.29, 0.717) is 0 Å². The smallest absolute Gasteiger partial charge is 0.333 e. The maximum Gasteiger partial charge on any atom is 0.333 e. The van der Waals surface area contributed by atoms with Crippen LogP contribution in [0, 0.1) is 6.29 Å². The van der Waals surface area contributed by atoms with Crippen molar-refractivity contribution < 1.29 is 23.8 Å². The molecule has 0 aliphatic carbocycles. The summed E-state index contributed by atoms with van der Waals surface area (Å²) in [5.41, 5.74) is -1.02. The SMILES string of the molecule is CO[C](OC)C(C)P(=O)(O)O. The molecule has 1 unspecified atom stereocenters. The third-order valence-corrected chi connectivity index (χ3v) is 2.47. The molecule has 0 aromatic rings. The van der Waals surface area contributed by atoms with E-state index in [-0.39, 0.29) is 6.29 Å². The third kappa shape index (κ3) is 3.31. The van der Waals surface area contributed by atoms with Crippen LogP contribution in [0.2, 0.25) is 0 Å². The lowest BCUT2D eigenvalue weighted by Gasteiger charge is -2.19. The first-order chi connectivity index (χ1) is 4.93. The zero-order valence-electron chi connectivity index (χ0n) is 6.64. The van der Waals surface area contributed by atoms with Gasteiger partial charge < -0.3 is 19.3 Å². The molecule has 11 heavy (non-hydrogen) atoms. The van der Waals surface area contributed by atoms with Gasteiger partial charge in [-0.2, -0.15) is 0 Å². The molecule has 0 fully saturated rings. The van der Waals surface area contributed by atoms with Gasteiger partial charge in [0.05, 0.1) is 0 Å². The summed E-state index contributed by atoms with van der Waals surface area (Å²) in [5, 5.41) is 0. The highest BCUT2D eigenvalue weighted by Gasteiger charge is 2.33. The molecule has 6 heteroatoms. The second-order valence-electron chi connectivity index (χ2n) is 1.99. The standard InChI is InChI=1S/C5H12O5P/c1-4(11(6,7)8)5(9-2)10-3/h4H,1-3H3,(H2,6,7,8). The van der Waals surface area contributed by atoms with E-state index < -0.39 is 13.3 Å². The van der Waals surface area contributed by atoms with Gasteiger partial charge >= 0.3 is 7.60 Å². The van der Waals surface area contributed by atoms with Gasteiger partial charge in [-0.05, 0) is 6.92 Å². The van der Waals surface area contributed by atoms with Crippen LogP contribution in [-0.2, 0) is 14.0 Å². The molecule has 1 atom stereocenters. The molecule has 0 aromatic heterocycles. The summed E-state index contributed by atoms with van der Waals surface area (Å²) in [7, 11) is -1.54. The van der Waals surface area contributed by atoms with Crippen LogP contribution in [0.25, 0.3) is 0 Å². The van der Waals surface area contributed by atoms with Crippen molar-refractivity contribution in [3.05, 3.63) is 6.29 Å². The van der Waals surface area contributed by atoms with Crippen LogP contribution in [0.3, 0.4) is 0 Å². The molecule has 0 rings (SSSR count). The van der Waals surface area contributed by atoms with Crippen LogP contribution in [0.1, 0.15) is 6.92 Å². The number of hydrogen-bond donors (Lipinski definition) is 2. The maximum atomic E-state index is 10.6. The molecule has 0 saturated carbocycles. The molecule has 0 bridgehead atoms. The molecule has 1 radical (unpaired) electrons. The minimum absolute atomic E-state index is 0.0571. The zero-order chi connectivity index (χ0) is 9.07. The fourth-order valence-electron chi connectivity index (χ4n) is 0.562. The van der Waals surface area contributed by atoms with Crippen LogP contribution in [-0.4, -0.2) is 29.7 Å². The predicted octanol–water partition coefficient (Wildman–Crippen LogP) is 0.335. The molecule has 0 heterocycles. The van der Waals surface area contributed by atoms with Gasteiger partial charge in [-0.3, -0.25) is 4.57 Å². The van der Waals surface area contributed by atoms with Gasteiger partial charge in [-0.15, -0.1) is 0 Å². The van der Waals surface area contributed by atoms with Crippen LogP contribution in [0.4, 0.5) is 0 Å². The molecule has 0 aromatic carbocycles. The van der Waals surface area contributed by atoms with Crippen LogP contribution >= 0.6 is 7.60 Å². The first kappa shape index (κ1) is 11.1. The second kappa shape index (κ2) is 4.18. The lowest BCUT2D eigenvalue weighted by Crippen LogP contribution is -2.18. The van der Waals surface area contributed by atoms with Gasteiger partial charge in [-0.25, -0.2) is 0 Å². The highest BCUT2D eigenvalue weighted by Crippen LogP contribution is 2.45. The Hall–Kier alpha value is 0.0700. The van der Waals surface area contributed by atoms with Gasteiger partial charge in [0.1, 0.15) is 5.66 Å². The first-order valence-corrected chi connectivity index (χ1v) is 4.61. The van der Waals surface area contributed by atoms with Crippen molar-refractivity contribution in [3.63, 3.8) is 0 Å². The lowest BCUT2D eigenvalue weighted by molar-refractivity contribution is -0.00109. The van der Waals surface area contributed by atoms with Crippen molar-refractivity contribution in [2.24, 2.45) is 0 Å². The quantitative estimate of drug-likeness (QED) is 0.614. The highest BCUT2D eigenvalue weighted by atomic mass is 31.2. The van der Waals surface area contributed by atoms with E-state index in [2.05, 4.69) is 9.47 Å². The van der Waals surface area contributed by atoms with E-state index in [0.717, 1.165) is 0 Å². The van der Waals surface area contributed by atoms with Gasteiger partial charge in [0, 0.05) is 14.2 Å². The molecule has 0 spiro atoms. The van der Waals surface area contributed by atoms with Crippen LogP contribution in [0.5, 0.6) is 0 Å². The van der Waals surface area contributed by atoms with E-state index in [4.69, 9.17) is 9.79 Å².